The van der Waals surface area contributed by atoms with Crippen molar-refractivity contribution in [2.24, 2.45) is 0 Å². The summed E-state index contributed by atoms with van der Waals surface area (Å²) in [6.45, 7) is 3.36. The van der Waals surface area contributed by atoms with Crippen LogP contribution in [-0.2, 0) is 4.74 Å². The van der Waals surface area contributed by atoms with Gasteiger partial charge in [-0.15, -0.1) is 0 Å². The molecular weight excluding hydrogens is 206 g/mol. The molecule has 0 aromatic carbocycles. The number of aromatic nitrogens is 2. The summed E-state index contributed by atoms with van der Waals surface area (Å²) in [5.41, 5.74) is 6.27. The zero-order valence-corrected chi connectivity index (χ0v) is 9.81. The third kappa shape index (κ3) is 4.41. The van der Waals surface area contributed by atoms with Crippen LogP contribution >= 0.6 is 0 Å². The minimum atomic E-state index is 0.571. The van der Waals surface area contributed by atoms with Crippen molar-refractivity contribution in [3.8, 4) is 0 Å². The summed E-state index contributed by atoms with van der Waals surface area (Å²) in [5, 5.41) is 3.16. The van der Waals surface area contributed by atoms with Gasteiger partial charge >= 0.3 is 0 Å². The fourth-order valence-corrected chi connectivity index (χ4v) is 1.21. The predicted octanol–water partition coefficient (Wildman–Crippen LogP) is 0.0489. The first kappa shape index (κ1) is 12.7. The summed E-state index contributed by atoms with van der Waals surface area (Å²) in [5.74, 6) is 0.690. The average Bonchev–Trinajstić information content (AvgIpc) is 2.29. The lowest BCUT2D eigenvalue weighted by molar-refractivity contribution is 0.163. The van der Waals surface area contributed by atoms with E-state index < -0.39 is 0 Å². The fraction of sp³-hybridized carbons (Fsp3) is 0.600. The lowest BCUT2D eigenvalue weighted by atomic mass is 10.4. The SMILES string of the molecule is COCCN(C)CCNc1ncncc1N. The molecule has 1 heterocycles. The van der Waals surface area contributed by atoms with Gasteiger partial charge in [0.2, 0.25) is 0 Å². The van der Waals surface area contributed by atoms with Crippen molar-refractivity contribution in [1.82, 2.24) is 14.9 Å². The fourth-order valence-electron chi connectivity index (χ4n) is 1.21. The number of methoxy groups -OCH3 is 1. The molecule has 0 radical (unpaired) electrons. The van der Waals surface area contributed by atoms with Crippen molar-refractivity contribution in [2.75, 3.05) is 51.4 Å². The highest BCUT2D eigenvalue weighted by Gasteiger charge is 2.00. The van der Waals surface area contributed by atoms with Crippen LogP contribution in [0.4, 0.5) is 11.5 Å². The molecule has 0 fully saturated rings. The number of hydrogen-bond acceptors (Lipinski definition) is 6. The Morgan fingerprint density at radius 1 is 1.50 bits per heavy atom. The molecule has 1 rings (SSSR count). The summed E-state index contributed by atoms with van der Waals surface area (Å²) in [7, 11) is 3.75. The van der Waals surface area contributed by atoms with Gasteiger partial charge in [-0.1, -0.05) is 0 Å². The van der Waals surface area contributed by atoms with Crippen molar-refractivity contribution in [2.45, 2.75) is 0 Å². The molecule has 1 aromatic heterocycles. The van der Waals surface area contributed by atoms with E-state index in [-0.39, 0.29) is 0 Å². The van der Waals surface area contributed by atoms with Crippen molar-refractivity contribution in [1.29, 1.82) is 0 Å². The van der Waals surface area contributed by atoms with E-state index in [0.29, 0.717) is 11.5 Å². The van der Waals surface area contributed by atoms with Gasteiger partial charge in [0.25, 0.3) is 0 Å². The van der Waals surface area contributed by atoms with E-state index in [9.17, 15) is 0 Å². The maximum absolute atomic E-state index is 5.70. The Morgan fingerprint density at radius 3 is 3.00 bits per heavy atom. The van der Waals surface area contributed by atoms with Crippen LogP contribution in [0.15, 0.2) is 12.5 Å². The maximum atomic E-state index is 5.70. The van der Waals surface area contributed by atoms with Crippen LogP contribution in [0.2, 0.25) is 0 Å². The first-order chi connectivity index (χ1) is 7.74. The number of hydrogen-bond donors (Lipinski definition) is 2. The van der Waals surface area contributed by atoms with Crippen molar-refractivity contribution < 1.29 is 4.74 Å². The number of anilines is 2. The molecule has 0 atom stereocenters. The quantitative estimate of drug-likeness (QED) is 0.683. The summed E-state index contributed by atoms with van der Waals surface area (Å²) < 4.78 is 4.99. The predicted molar refractivity (Wildman–Crippen MR) is 64.3 cm³/mol. The van der Waals surface area contributed by atoms with E-state index in [1.807, 2.05) is 7.05 Å². The molecule has 0 bridgehead atoms. The van der Waals surface area contributed by atoms with E-state index >= 15 is 0 Å². The van der Waals surface area contributed by atoms with Crippen LogP contribution in [0.25, 0.3) is 0 Å². The van der Waals surface area contributed by atoms with Gasteiger partial charge in [0.1, 0.15) is 6.33 Å². The molecule has 90 valence electrons. The molecular formula is C10H19N5O. The van der Waals surface area contributed by atoms with Crippen LogP contribution in [-0.4, -0.2) is 55.3 Å². The molecule has 0 aliphatic rings. The van der Waals surface area contributed by atoms with Crippen LogP contribution in [0.1, 0.15) is 0 Å². The van der Waals surface area contributed by atoms with Gasteiger partial charge in [-0.25, -0.2) is 9.97 Å². The zero-order valence-electron chi connectivity index (χ0n) is 9.81. The van der Waals surface area contributed by atoms with Crippen molar-refractivity contribution in [3.05, 3.63) is 12.5 Å². The molecule has 1 aromatic rings. The second kappa shape index (κ2) is 6.97. The molecule has 16 heavy (non-hydrogen) atoms. The second-order valence-electron chi connectivity index (χ2n) is 3.55. The minimum Gasteiger partial charge on any atom is -0.394 e. The first-order valence-corrected chi connectivity index (χ1v) is 5.21. The second-order valence-corrected chi connectivity index (χ2v) is 3.55. The zero-order chi connectivity index (χ0) is 11.8. The largest absolute Gasteiger partial charge is 0.394 e. The number of nitrogens with zero attached hydrogens (tertiary/aromatic N) is 3. The van der Waals surface area contributed by atoms with Gasteiger partial charge in [0.05, 0.1) is 18.5 Å². The average molecular weight is 225 g/mol. The van der Waals surface area contributed by atoms with E-state index in [0.717, 1.165) is 26.2 Å². The number of nitrogens with one attached hydrogen (secondary N) is 1. The molecule has 0 saturated carbocycles. The lowest BCUT2D eigenvalue weighted by Crippen LogP contribution is -2.28. The van der Waals surface area contributed by atoms with Gasteiger partial charge in [-0.2, -0.15) is 0 Å². The van der Waals surface area contributed by atoms with Crippen molar-refractivity contribution >= 4 is 11.5 Å². The van der Waals surface area contributed by atoms with Crippen LogP contribution in [0, 0.1) is 0 Å². The first-order valence-electron chi connectivity index (χ1n) is 5.21. The number of nitrogens with two attached hydrogens (primary N) is 1. The number of rotatable bonds is 7. The van der Waals surface area contributed by atoms with Crippen molar-refractivity contribution in [3.63, 3.8) is 0 Å². The number of nitrogen functional groups attached to an aromatic ring is 1. The Bertz CT molecular complexity index is 307. The smallest absolute Gasteiger partial charge is 0.152 e. The van der Waals surface area contributed by atoms with Gasteiger partial charge in [-0.05, 0) is 7.05 Å². The lowest BCUT2D eigenvalue weighted by Gasteiger charge is -2.16. The van der Waals surface area contributed by atoms with Crippen LogP contribution < -0.4 is 11.1 Å². The summed E-state index contributed by atoms with van der Waals surface area (Å²) in [4.78, 5) is 10.0. The topological polar surface area (TPSA) is 76.3 Å². The summed E-state index contributed by atoms with van der Waals surface area (Å²) in [6, 6.07) is 0. The molecule has 6 heteroatoms. The minimum absolute atomic E-state index is 0.571. The normalized spacial score (nSPS) is 10.7. The summed E-state index contributed by atoms with van der Waals surface area (Å²) in [6.07, 6.45) is 3.07. The standard InChI is InChI=1S/C10H19N5O/c1-15(5-6-16-2)4-3-13-10-9(11)7-12-8-14-10/h7-8H,3-6,11H2,1-2H3,(H,12,13,14). The van der Waals surface area contributed by atoms with Gasteiger partial charge in [0.15, 0.2) is 5.82 Å². The third-order valence-corrected chi connectivity index (χ3v) is 2.20. The Labute approximate surface area is 95.8 Å². The van der Waals surface area contributed by atoms with Gasteiger partial charge in [-0.3, -0.25) is 0 Å². The van der Waals surface area contributed by atoms with Crippen LogP contribution in [0.5, 0.6) is 0 Å². The molecule has 0 aliphatic carbocycles. The molecule has 0 spiro atoms. The third-order valence-electron chi connectivity index (χ3n) is 2.20. The van der Waals surface area contributed by atoms with E-state index in [2.05, 4.69) is 20.2 Å². The van der Waals surface area contributed by atoms with Gasteiger partial charge in [0, 0.05) is 26.7 Å². The Morgan fingerprint density at radius 2 is 2.31 bits per heavy atom. The van der Waals surface area contributed by atoms with E-state index in [1.165, 1.54) is 6.33 Å². The number of likely N-dealkylation sites (N-methyl/N-ethyl adjacent to an activating group) is 1. The van der Waals surface area contributed by atoms with Gasteiger partial charge < -0.3 is 20.7 Å². The Hall–Kier alpha value is -1.40. The highest BCUT2D eigenvalue weighted by molar-refractivity contribution is 5.58. The van der Waals surface area contributed by atoms with E-state index in [1.54, 1.807) is 13.3 Å². The molecule has 0 saturated heterocycles. The monoisotopic (exact) mass is 225 g/mol. The highest BCUT2D eigenvalue weighted by atomic mass is 16.5. The molecule has 0 aliphatic heterocycles. The number of ether oxygens (including phenoxy) is 1. The van der Waals surface area contributed by atoms with E-state index in [4.69, 9.17) is 10.5 Å². The molecule has 0 unspecified atom stereocenters. The summed E-state index contributed by atoms with van der Waals surface area (Å²) >= 11 is 0. The van der Waals surface area contributed by atoms with Crippen LogP contribution in [0.3, 0.4) is 0 Å². The molecule has 3 N–H and O–H groups in total. The molecule has 0 amide bonds. The Balaban J connectivity index is 2.23. The Kier molecular flexibility index (Phi) is 5.52. The maximum Gasteiger partial charge on any atom is 0.152 e. The molecule has 6 nitrogen and oxygen atoms in total. The highest BCUT2D eigenvalue weighted by Crippen LogP contribution is 2.10.